The second-order valence-corrected chi connectivity index (χ2v) is 9.83. The minimum absolute atomic E-state index is 0.0994. The number of hydrogen-bond acceptors (Lipinski definition) is 8. The van der Waals surface area contributed by atoms with Gasteiger partial charge in [-0.2, -0.15) is 10.1 Å². The lowest BCUT2D eigenvalue weighted by Gasteiger charge is -2.22. The topological polar surface area (TPSA) is 131 Å². The van der Waals surface area contributed by atoms with Crippen molar-refractivity contribution < 1.29 is 9.59 Å². The highest BCUT2D eigenvalue weighted by molar-refractivity contribution is 5.93. The third-order valence-electron chi connectivity index (χ3n) is 6.40. The summed E-state index contributed by atoms with van der Waals surface area (Å²) in [5, 5.41) is 17.4. The molecule has 1 aliphatic rings. The normalized spacial score (nSPS) is 14.9. The molecule has 0 spiro atoms. The van der Waals surface area contributed by atoms with Crippen LogP contribution in [0.5, 0.6) is 0 Å². The Morgan fingerprint density at radius 1 is 1.27 bits per heavy atom. The second-order valence-electron chi connectivity index (χ2n) is 9.83. The van der Waals surface area contributed by atoms with Crippen LogP contribution in [0.2, 0.25) is 0 Å². The number of hydrogen-bond donors (Lipinski definition) is 4. The number of aromatic nitrogens is 4. The van der Waals surface area contributed by atoms with E-state index < -0.39 is 6.04 Å². The molecule has 11 heteroatoms. The van der Waals surface area contributed by atoms with Gasteiger partial charge < -0.3 is 25.8 Å². The van der Waals surface area contributed by atoms with Crippen molar-refractivity contribution in [1.82, 2.24) is 35.3 Å². The summed E-state index contributed by atoms with van der Waals surface area (Å²) in [5.74, 6) is 7.24. The maximum Gasteiger partial charge on any atom is 0.246 e. The van der Waals surface area contributed by atoms with E-state index in [1.54, 1.807) is 23.4 Å². The maximum absolute atomic E-state index is 12.7. The number of likely N-dealkylation sites (N-methyl/N-ethyl adjacent to an activating group) is 1. The molecule has 40 heavy (non-hydrogen) atoms. The van der Waals surface area contributed by atoms with Gasteiger partial charge in [-0.25, -0.2) is 4.98 Å². The van der Waals surface area contributed by atoms with Gasteiger partial charge >= 0.3 is 0 Å². The van der Waals surface area contributed by atoms with E-state index in [9.17, 15) is 9.59 Å². The fourth-order valence-electron chi connectivity index (χ4n) is 4.41. The van der Waals surface area contributed by atoms with Crippen LogP contribution in [0.1, 0.15) is 38.2 Å². The molecule has 0 saturated carbocycles. The van der Waals surface area contributed by atoms with Crippen molar-refractivity contribution >= 4 is 40.2 Å². The van der Waals surface area contributed by atoms with Crippen LogP contribution in [0.15, 0.2) is 42.7 Å². The van der Waals surface area contributed by atoms with Crippen LogP contribution in [0.25, 0.3) is 10.9 Å². The molecule has 1 atom stereocenters. The third kappa shape index (κ3) is 7.80. The number of likely N-dealkylation sites (tertiary alicyclic amines) is 1. The number of nitrogens with one attached hydrogen (secondary N) is 4. The van der Waals surface area contributed by atoms with Crippen molar-refractivity contribution in [3.8, 4) is 11.8 Å². The van der Waals surface area contributed by atoms with E-state index in [-0.39, 0.29) is 11.8 Å². The molecule has 0 aliphatic carbocycles. The molecular weight excluding hydrogens is 506 g/mol. The van der Waals surface area contributed by atoms with Crippen molar-refractivity contribution in [2.75, 3.05) is 50.9 Å². The molecule has 0 unspecified atom stereocenters. The number of anilines is 3. The minimum atomic E-state index is -0.406. The van der Waals surface area contributed by atoms with Crippen LogP contribution in [0.4, 0.5) is 17.5 Å². The Balaban J connectivity index is 1.26. The average molecular weight is 544 g/mol. The third-order valence-corrected chi connectivity index (χ3v) is 6.40. The van der Waals surface area contributed by atoms with Crippen molar-refractivity contribution in [3.63, 3.8) is 0 Å². The molecule has 3 aromatic rings. The van der Waals surface area contributed by atoms with E-state index in [2.05, 4.69) is 48.0 Å². The second kappa shape index (κ2) is 14.1. The fourth-order valence-corrected chi connectivity index (χ4v) is 4.41. The molecule has 1 aliphatic heterocycles. The zero-order chi connectivity index (χ0) is 28.3. The number of rotatable bonds is 11. The smallest absolute Gasteiger partial charge is 0.246 e. The molecule has 4 rings (SSSR count). The molecule has 210 valence electrons. The first-order chi connectivity index (χ1) is 19.4. The number of carbonyl (C=O) groups is 2. The van der Waals surface area contributed by atoms with Crippen molar-refractivity contribution in [1.29, 1.82) is 0 Å². The highest BCUT2D eigenvalue weighted by Gasteiger charge is 2.32. The summed E-state index contributed by atoms with van der Waals surface area (Å²) in [6.45, 7) is 4.50. The van der Waals surface area contributed by atoms with E-state index in [1.807, 2.05) is 50.2 Å². The van der Waals surface area contributed by atoms with E-state index >= 15 is 0 Å². The predicted molar refractivity (Wildman–Crippen MR) is 157 cm³/mol. The van der Waals surface area contributed by atoms with E-state index in [0.717, 1.165) is 23.0 Å². The van der Waals surface area contributed by atoms with Crippen LogP contribution in [0, 0.1) is 11.8 Å². The van der Waals surface area contributed by atoms with Crippen LogP contribution >= 0.6 is 0 Å². The lowest BCUT2D eigenvalue weighted by atomic mass is 10.2. The molecule has 1 aromatic carbocycles. The molecule has 2 aromatic heterocycles. The van der Waals surface area contributed by atoms with Crippen molar-refractivity contribution in [2.45, 2.75) is 38.6 Å². The van der Waals surface area contributed by atoms with Crippen LogP contribution in [-0.4, -0.2) is 88.1 Å². The molecule has 4 N–H and O–H groups in total. The number of carbonyl (C=O) groups excluding carboxylic acids is 2. The van der Waals surface area contributed by atoms with Crippen LogP contribution < -0.4 is 16.0 Å². The lowest BCUT2D eigenvalue weighted by molar-refractivity contribution is -0.135. The van der Waals surface area contributed by atoms with Gasteiger partial charge in [0.25, 0.3) is 0 Å². The Morgan fingerprint density at radius 3 is 2.98 bits per heavy atom. The number of nitrogens with zero attached hydrogens (tertiary/aromatic N) is 5. The zero-order valence-corrected chi connectivity index (χ0v) is 23.3. The standard InChI is InChI=1S/C29H37N9O2/c1-4-30-27-21(19-32-29(35-27)34-23-13-14-24-22(18-23)20-33-36-24)10-6-5-7-15-31-28(40)25-11-8-17-38(25)26(39)12-9-16-37(2)3/h9,12-14,18-20,25H,4-5,7-8,11,15-17H2,1-3H3,(H,31,40)(H,33,36)(H2,30,32,34,35)/t25-/m0/s1. The molecule has 1 saturated heterocycles. The summed E-state index contributed by atoms with van der Waals surface area (Å²) in [6, 6.07) is 5.46. The lowest BCUT2D eigenvalue weighted by Crippen LogP contribution is -2.45. The van der Waals surface area contributed by atoms with Gasteiger partial charge in [-0.15, -0.1) is 0 Å². The summed E-state index contributed by atoms with van der Waals surface area (Å²) in [6.07, 6.45) is 9.70. The quantitative estimate of drug-likeness (QED) is 0.165. The number of H-pyrrole nitrogens is 1. The van der Waals surface area contributed by atoms with Gasteiger partial charge in [0.15, 0.2) is 0 Å². The van der Waals surface area contributed by atoms with Crippen molar-refractivity contribution in [3.05, 3.63) is 48.3 Å². The molecule has 11 nitrogen and oxygen atoms in total. The summed E-state index contributed by atoms with van der Waals surface area (Å²) in [4.78, 5) is 37.9. The highest BCUT2D eigenvalue weighted by atomic mass is 16.2. The first kappa shape index (κ1) is 28.6. The monoisotopic (exact) mass is 543 g/mol. The minimum Gasteiger partial charge on any atom is -0.369 e. The Bertz CT molecular complexity index is 1400. The van der Waals surface area contributed by atoms with Crippen molar-refractivity contribution in [2.24, 2.45) is 0 Å². The molecular formula is C29H37N9O2. The van der Waals surface area contributed by atoms with Crippen LogP contribution in [0.3, 0.4) is 0 Å². The van der Waals surface area contributed by atoms with E-state index in [4.69, 9.17) is 0 Å². The van der Waals surface area contributed by atoms with Gasteiger partial charge in [-0.05, 0) is 58.5 Å². The summed E-state index contributed by atoms with van der Waals surface area (Å²) in [5.41, 5.74) is 2.54. The summed E-state index contributed by atoms with van der Waals surface area (Å²) >= 11 is 0. The zero-order valence-electron chi connectivity index (χ0n) is 23.3. The van der Waals surface area contributed by atoms with E-state index in [0.29, 0.717) is 62.8 Å². The SMILES string of the molecule is CCNc1nc(Nc2ccc3[nH]ncc3c2)ncc1C#CCCCNC(=O)[C@@H]1CCCN1C(=O)C=CCN(C)C. The fraction of sp³-hybridized carbons (Fsp3) is 0.414. The first-order valence-electron chi connectivity index (χ1n) is 13.6. The summed E-state index contributed by atoms with van der Waals surface area (Å²) < 4.78 is 0. The van der Waals surface area contributed by atoms with Gasteiger partial charge in [-0.1, -0.05) is 17.9 Å². The van der Waals surface area contributed by atoms with Gasteiger partial charge in [0.05, 0.1) is 23.5 Å². The summed E-state index contributed by atoms with van der Waals surface area (Å²) in [7, 11) is 3.89. The number of aromatic amines is 1. The maximum atomic E-state index is 12.7. The number of unbranched alkanes of at least 4 members (excludes halogenated alkanes) is 1. The average Bonchev–Trinajstić information content (AvgIpc) is 3.61. The first-order valence-corrected chi connectivity index (χ1v) is 13.6. The largest absolute Gasteiger partial charge is 0.369 e. The molecule has 0 bridgehead atoms. The Labute approximate surface area is 234 Å². The molecule has 2 amide bonds. The number of amides is 2. The van der Waals surface area contributed by atoms with E-state index in [1.165, 1.54) is 0 Å². The molecule has 0 radical (unpaired) electrons. The van der Waals surface area contributed by atoms with Gasteiger partial charge in [0, 0.05) is 49.7 Å². The van der Waals surface area contributed by atoms with Gasteiger partial charge in [-0.3, -0.25) is 14.7 Å². The Kier molecular flexibility index (Phi) is 10.1. The predicted octanol–water partition coefficient (Wildman–Crippen LogP) is 2.89. The molecule has 3 heterocycles. The highest BCUT2D eigenvalue weighted by Crippen LogP contribution is 2.21. The van der Waals surface area contributed by atoms with Gasteiger partial charge in [0.1, 0.15) is 11.9 Å². The van der Waals surface area contributed by atoms with Crippen LogP contribution in [-0.2, 0) is 9.59 Å². The van der Waals surface area contributed by atoms with Gasteiger partial charge in [0.2, 0.25) is 17.8 Å². The number of benzene rings is 1. The Morgan fingerprint density at radius 2 is 2.15 bits per heavy atom. The molecule has 1 fully saturated rings. The Hall–Kier alpha value is -4.43. The number of fused-ring (bicyclic) bond motifs is 1.